The summed E-state index contributed by atoms with van der Waals surface area (Å²) in [6.07, 6.45) is 5.24. The monoisotopic (exact) mass is 407 g/mol. The highest BCUT2D eigenvalue weighted by atomic mass is 32.1. The van der Waals surface area contributed by atoms with Crippen LogP contribution in [0.1, 0.15) is 67.4 Å². The van der Waals surface area contributed by atoms with E-state index in [9.17, 15) is 9.90 Å². The van der Waals surface area contributed by atoms with Gasteiger partial charge in [-0.15, -0.1) is 11.3 Å². The summed E-state index contributed by atoms with van der Waals surface area (Å²) in [5, 5.41) is 9.64. The lowest BCUT2D eigenvalue weighted by Crippen LogP contribution is -2.37. The number of carboxylic acid groups (broad SMARTS) is 1. The Balaban J connectivity index is 2.01. The molecular formula is C22H33NO4S. The Hall–Kier alpha value is -1.55. The van der Waals surface area contributed by atoms with Crippen LogP contribution in [-0.2, 0) is 9.47 Å². The average molecular weight is 408 g/mol. The van der Waals surface area contributed by atoms with E-state index in [1.54, 1.807) is 7.11 Å². The summed E-state index contributed by atoms with van der Waals surface area (Å²) >= 11 is 1.27. The van der Waals surface area contributed by atoms with Gasteiger partial charge in [0, 0.05) is 38.8 Å². The fraction of sp³-hybridized carbons (Fsp3) is 0.682. The number of hydrogen-bond donors (Lipinski definition) is 1. The van der Waals surface area contributed by atoms with Gasteiger partial charge in [0.2, 0.25) is 0 Å². The minimum Gasteiger partial charge on any atom is -0.477 e. The topological polar surface area (TPSA) is 59.0 Å². The SMILES string of the molecule is COCCCOC1CCC(N(C)c2cc(C#CC(C)(C)C)sc2C(=O)O)CC1. The first-order chi connectivity index (χ1) is 13.2. The summed E-state index contributed by atoms with van der Waals surface area (Å²) in [5.41, 5.74) is 0.668. The molecule has 0 atom stereocenters. The number of carbonyl (C=O) groups is 1. The Bertz CT molecular complexity index is 702. The Morgan fingerprint density at radius 2 is 1.96 bits per heavy atom. The van der Waals surface area contributed by atoms with E-state index in [0.29, 0.717) is 17.0 Å². The van der Waals surface area contributed by atoms with E-state index in [1.165, 1.54) is 11.3 Å². The lowest BCUT2D eigenvalue weighted by molar-refractivity contribution is 0.0151. The first-order valence-electron chi connectivity index (χ1n) is 9.95. The van der Waals surface area contributed by atoms with Gasteiger partial charge < -0.3 is 19.5 Å². The molecule has 1 aliphatic rings. The smallest absolute Gasteiger partial charge is 0.348 e. The van der Waals surface area contributed by atoms with Crippen molar-refractivity contribution in [3.8, 4) is 11.8 Å². The van der Waals surface area contributed by atoms with Crippen LogP contribution in [0.5, 0.6) is 0 Å². The molecule has 1 saturated carbocycles. The van der Waals surface area contributed by atoms with Crippen LogP contribution in [0.3, 0.4) is 0 Å². The minimum atomic E-state index is -0.883. The predicted molar refractivity (Wildman–Crippen MR) is 115 cm³/mol. The van der Waals surface area contributed by atoms with Crippen molar-refractivity contribution in [1.82, 2.24) is 0 Å². The number of aromatic carboxylic acids is 1. The molecule has 0 aromatic carbocycles. The maximum Gasteiger partial charge on any atom is 0.348 e. The van der Waals surface area contributed by atoms with E-state index in [4.69, 9.17) is 9.47 Å². The number of hydrogen-bond acceptors (Lipinski definition) is 5. The number of nitrogens with zero attached hydrogens (tertiary/aromatic N) is 1. The van der Waals surface area contributed by atoms with Crippen LogP contribution in [-0.4, -0.2) is 50.6 Å². The molecule has 0 radical (unpaired) electrons. The number of rotatable bonds is 8. The summed E-state index contributed by atoms with van der Waals surface area (Å²) in [7, 11) is 3.71. The number of carboxylic acids is 1. The molecule has 1 heterocycles. The largest absolute Gasteiger partial charge is 0.477 e. The molecule has 0 aliphatic heterocycles. The second-order valence-electron chi connectivity index (χ2n) is 8.39. The van der Waals surface area contributed by atoms with Gasteiger partial charge in [0.1, 0.15) is 4.88 Å². The molecule has 1 N–H and O–H groups in total. The minimum absolute atomic E-state index is 0.110. The maximum absolute atomic E-state index is 11.8. The third-order valence-corrected chi connectivity index (χ3v) is 5.91. The first kappa shape index (κ1) is 22.7. The highest BCUT2D eigenvalue weighted by molar-refractivity contribution is 7.15. The van der Waals surface area contributed by atoms with Crippen molar-refractivity contribution < 1.29 is 19.4 Å². The molecule has 156 valence electrons. The third-order valence-electron chi connectivity index (χ3n) is 4.89. The van der Waals surface area contributed by atoms with Gasteiger partial charge in [0.15, 0.2) is 0 Å². The van der Waals surface area contributed by atoms with Gasteiger partial charge in [-0.25, -0.2) is 4.79 Å². The summed E-state index contributed by atoms with van der Waals surface area (Å²) in [6.45, 7) is 7.62. The van der Waals surface area contributed by atoms with Crippen LogP contribution in [0, 0.1) is 17.3 Å². The maximum atomic E-state index is 11.8. The van der Waals surface area contributed by atoms with Crippen molar-refractivity contribution in [2.45, 2.75) is 65.0 Å². The molecule has 2 rings (SSSR count). The molecule has 0 bridgehead atoms. The standard InChI is InChI=1S/C22H33NO4S/c1-22(2,3)12-11-18-15-19(20(28-18)21(24)25)23(4)16-7-9-17(10-8-16)27-14-6-13-26-5/h15-17H,6-10,13-14H2,1-5H3,(H,24,25). The van der Waals surface area contributed by atoms with Crippen molar-refractivity contribution >= 4 is 23.0 Å². The van der Waals surface area contributed by atoms with Gasteiger partial charge in [0.05, 0.1) is 16.7 Å². The highest BCUT2D eigenvalue weighted by Gasteiger charge is 2.28. The fourth-order valence-corrected chi connectivity index (χ4v) is 4.24. The van der Waals surface area contributed by atoms with Crippen molar-refractivity contribution in [1.29, 1.82) is 0 Å². The van der Waals surface area contributed by atoms with E-state index >= 15 is 0 Å². The molecule has 1 fully saturated rings. The van der Waals surface area contributed by atoms with Crippen molar-refractivity contribution in [3.05, 3.63) is 15.8 Å². The Kier molecular flexibility index (Phi) is 8.36. The molecular weight excluding hydrogens is 374 g/mol. The molecule has 1 aromatic rings. The Labute approximate surface area is 173 Å². The average Bonchev–Trinajstić information content (AvgIpc) is 3.08. The Morgan fingerprint density at radius 1 is 1.29 bits per heavy atom. The quantitative estimate of drug-likeness (QED) is 0.502. The first-order valence-corrected chi connectivity index (χ1v) is 10.8. The van der Waals surface area contributed by atoms with Crippen LogP contribution in [0.25, 0.3) is 0 Å². The van der Waals surface area contributed by atoms with Crippen molar-refractivity contribution in [2.75, 3.05) is 32.3 Å². The van der Waals surface area contributed by atoms with E-state index in [0.717, 1.165) is 55.9 Å². The number of anilines is 1. The molecule has 5 nitrogen and oxygen atoms in total. The molecule has 6 heteroatoms. The fourth-order valence-electron chi connectivity index (χ4n) is 3.36. The number of methoxy groups -OCH3 is 1. The molecule has 28 heavy (non-hydrogen) atoms. The summed E-state index contributed by atoms with van der Waals surface area (Å²) < 4.78 is 11.0. The van der Waals surface area contributed by atoms with E-state index in [-0.39, 0.29) is 5.41 Å². The zero-order valence-electron chi connectivity index (χ0n) is 17.7. The summed E-state index contributed by atoms with van der Waals surface area (Å²) in [4.78, 5) is 15.1. The second-order valence-corrected chi connectivity index (χ2v) is 9.44. The summed E-state index contributed by atoms with van der Waals surface area (Å²) in [5.74, 6) is 5.46. The van der Waals surface area contributed by atoms with Gasteiger partial charge in [-0.05, 0) is 58.9 Å². The van der Waals surface area contributed by atoms with E-state index < -0.39 is 5.97 Å². The van der Waals surface area contributed by atoms with Gasteiger partial charge in [-0.3, -0.25) is 0 Å². The number of ether oxygens (including phenoxy) is 2. The van der Waals surface area contributed by atoms with Crippen LogP contribution < -0.4 is 4.90 Å². The normalized spacial score (nSPS) is 19.8. The molecule has 0 spiro atoms. The van der Waals surface area contributed by atoms with Crippen LogP contribution >= 0.6 is 11.3 Å². The molecule has 1 aliphatic carbocycles. The van der Waals surface area contributed by atoms with Gasteiger partial charge in [0.25, 0.3) is 0 Å². The van der Waals surface area contributed by atoms with Gasteiger partial charge in [-0.1, -0.05) is 11.8 Å². The Morgan fingerprint density at radius 3 is 2.54 bits per heavy atom. The lowest BCUT2D eigenvalue weighted by atomic mass is 9.91. The highest BCUT2D eigenvalue weighted by Crippen LogP contribution is 2.34. The molecule has 1 aromatic heterocycles. The van der Waals surface area contributed by atoms with Gasteiger partial charge in [-0.2, -0.15) is 0 Å². The predicted octanol–water partition coefficient (Wildman–Crippen LogP) is 4.64. The van der Waals surface area contributed by atoms with E-state index in [2.05, 4.69) is 37.5 Å². The second kappa shape index (κ2) is 10.3. The lowest BCUT2D eigenvalue weighted by Gasteiger charge is -2.35. The zero-order chi connectivity index (χ0) is 20.7. The third kappa shape index (κ3) is 6.80. The molecule has 0 amide bonds. The number of thiophene rings is 1. The van der Waals surface area contributed by atoms with Crippen molar-refractivity contribution in [3.63, 3.8) is 0 Å². The van der Waals surface area contributed by atoms with Crippen LogP contribution in [0.4, 0.5) is 5.69 Å². The van der Waals surface area contributed by atoms with Gasteiger partial charge >= 0.3 is 5.97 Å². The van der Waals surface area contributed by atoms with E-state index in [1.807, 2.05) is 13.1 Å². The zero-order valence-corrected chi connectivity index (χ0v) is 18.5. The molecule has 0 unspecified atom stereocenters. The van der Waals surface area contributed by atoms with Crippen molar-refractivity contribution in [2.24, 2.45) is 5.41 Å². The molecule has 0 saturated heterocycles. The summed E-state index contributed by atoms with van der Waals surface area (Å²) in [6, 6.07) is 2.26. The van der Waals surface area contributed by atoms with Crippen LogP contribution in [0.2, 0.25) is 0 Å². The van der Waals surface area contributed by atoms with Crippen LogP contribution in [0.15, 0.2) is 6.07 Å².